The van der Waals surface area contributed by atoms with Crippen LogP contribution in [-0.2, 0) is 9.59 Å². The summed E-state index contributed by atoms with van der Waals surface area (Å²) in [4.78, 5) is 37.1. The molecule has 0 fully saturated rings. The quantitative estimate of drug-likeness (QED) is 0.318. The standard InChI is InChI=1S/C22H19N3O5/c1-4-13(2)24-21(26)18(14(3)19(12-23)22(24)27)11-17-8-9-20(30-17)15-6-5-7-16(10-15)25(28)29/h5-11,13H,4H2,1-3H3/b18-11+. The van der Waals surface area contributed by atoms with Gasteiger partial charge in [-0.2, -0.15) is 5.26 Å². The summed E-state index contributed by atoms with van der Waals surface area (Å²) in [6.07, 6.45) is 2.04. The van der Waals surface area contributed by atoms with Gasteiger partial charge in [-0.05, 0) is 44.1 Å². The molecule has 1 aromatic carbocycles. The fourth-order valence-electron chi connectivity index (χ4n) is 3.18. The molecule has 152 valence electrons. The predicted octanol–water partition coefficient (Wildman–Crippen LogP) is 4.25. The number of non-ortho nitro benzene ring substituents is 1. The summed E-state index contributed by atoms with van der Waals surface area (Å²) < 4.78 is 5.76. The highest BCUT2D eigenvalue weighted by molar-refractivity contribution is 6.19. The molecule has 0 N–H and O–H groups in total. The number of benzene rings is 1. The maximum Gasteiger partial charge on any atom is 0.271 e. The zero-order valence-corrected chi connectivity index (χ0v) is 16.7. The van der Waals surface area contributed by atoms with Crippen molar-refractivity contribution >= 4 is 23.6 Å². The zero-order chi connectivity index (χ0) is 22.0. The van der Waals surface area contributed by atoms with E-state index in [4.69, 9.17) is 4.42 Å². The monoisotopic (exact) mass is 405 g/mol. The molecule has 8 nitrogen and oxygen atoms in total. The summed E-state index contributed by atoms with van der Waals surface area (Å²) in [6, 6.07) is 10.8. The van der Waals surface area contributed by atoms with E-state index in [9.17, 15) is 25.0 Å². The third kappa shape index (κ3) is 3.65. The molecule has 1 aromatic heterocycles. The number of carbonyl (C=O) groups is 2. The molecule has 0 spiro atoms. The number of imide groups is 1. The van der Waals surface area contributed by atoms with E-state index in [1.807, 2.05) is 13.0 Å². The third-order valence-corrected chi connectivity index (χ3v) is 5.06. The highest BCUT2D eigenvalue weighted by atomic mass is 16.6. The average Bonchev–Trinajstić information content (AvgIpc) is 3.20. The number of carbonyl (C=O) groups excluding carboxylic acids is 2. The van der Waals surface area contributed by atoms with Gasteiger partial charge in [0, 0.05) is 29.3 Å². The first kappa shape index (κ1) is 20.7. The number of nitro groups is 1. The number of rotatable bonds is 5. The molecule has 2 amide bonds. The summed E-state index contributed by atoms with van der Waals surface area (Å²) in [7, 11) is 0. The van der Waals surface area contributed by atoms with Crippen LogP contribution >= 0.6 is 0 Å². The van der Waals surface area contributed by atoms with Crippen LogP contribution in [0.5, 0.6) is 0 Å². The number of amides is 2. The van der Waals surface area contributed by atoms with Crippen molar-refractivity contribution in [3.8, 4) is 17.4 Å². The Morgan fingerprint density at radius 2 is 2.00 bits per heavy atom. The number of nitriles is 1. The first-order chi connectivity index (χ1) is 14.3. The van der Waals surface area contributed by atoms with Crippen molar-refractivity contribution in [1.29, 1.82) is 5.26 Å². The van der Waals surface area contributed by atoms with E-state index in [2.05, 4.69) is 0 Å². The maximum absolute atomic E-state index is 13.0. The summed E-state index contributed by atoms with van der Waals surface area (Å²) in [5.74, 6) is -0.358. The largest absolute Gasteiger partial charge is 0.457 e. The van der Waals surface area contributed by atoms with E-state index < -0.39 is 16.7 Å². The SMILES string of the molecule is CCC(C)N1C(=O)C(C#N)=C(C)/C(=C\c2ccc(-c3cccc([N+](=O)[O-])c3)o2)C1=O. The van der Waals surface area contributed by atoms with Crippen molar-refractivity contribution in [2.75, 3.05) is 0 Å². The molecule has 2 aromatic rings. The molecule has 2 heterocycles. The van der Waals surface area contributed by atoms with Crippen molar-refractivity contribution in [3.63, 3.8) is 0 Å². The third-order valence-electron chi connectivity index (χ3n) is 5.06. The number of hydrogen-bond acceptors (Lipinski definition) is 6. The van der Waals surface area contributed by atoms with Crippen LogP contribution in [0, 0.1) is 21.4 Å². The summed E-state index contributed by atoms with van der Waals surface area (Å²) in [5, 5.41) is 20.4. The number of nitrogens with zero attached hydrogens (tertiary/aromatic N) is 3. The molecule has 3 rings (SSSR count). The lowest BCUT2D eigenvalue weighted by Crippen LogP contribution is -2.47. The molecule has 0 bridgehead atoms. The summed E-state index contributed by atoms with van der Waals surface area (Å²) in [6.45, 7) is 5.15. The Hall–Kier alpha value is -3.99. The smallest absolute Gasteiger partial charge is 0.271 e. The highest BCUT2D eigenvalue weighted by Crippen LogP contribution is 2.31. The van der Waals surface area contributed by atoms with Crippen LogP contribution in [0.4, 0.5) is 5.69 Å². The second-order valence-corrected chi connectivity index (χ2v) is 6.92. The molecular formula is C22H19N3O5. The van der Waals surface area contributed by atoms with Crippen LogP contribution in [0.15, 0.2) is 57.5 Å². The van der Waals surface area contributed by atoms with Gasteiger partial charge >= 0.3 is 0 Å². The Morgan fingerprint density at radius 1 is 1.27 bits per heavy atom. The van der Waals surface area contributed by atoms with E-state index in [0.717, 1.165) is 4.90 Å². The van der Waals surface area contributed by atoms with Gasteiger partial charge in [0.05, 0.1) is 4.92 Å². The predicted molar refractivity (Wildman–Crippen MR) is 109 cm³/mol. The Labute approximate surface area is 172 Å². The Morgan fingerprint density at radius 3 is 2.63 bits per heavy atom. The molecule has 1 aliphatic heterocycles. The Balaban J connectivity index is 2.04. The maximum atomic E-state index is 13.0. The lowest BCUT2D eigenvalue weighted by Gasteiger charge is -2.31. The molecule has 0 saturated heterocycles. The lowest BCUT2D eigenvalue weighted by atomic mass is 9.93. The van der Waals surface area contributed by atoms with Crippen molar-refractivity contribution in [1.82, 2.24) is 4.90 Å². The fraction of sp³-hybridized carbons (Fsp3) is 0.227. The van der Waals surface area contributed by atoms with E-state index in [0.29, 0.717) is 29.1 Å². The number of nitro benzene ring substituents is 1. The lowest BCUT2D eigenvalue weighted by molar-refractivity contribution is -0.384. The summed E-state index contributed by atoms with van der Waals surface area (Å²) in [5.41, 5.74) is 0.870. The van der Waals surface area contributed by atoms with Gasteiger partial charge in [-0.1, -0.05) is 19.1 Å². The molecule has 30 heavy (non-hydrogen) atoms. The molecule has 1 aliphatic rings. The molecule has 8 heteroatoms. The van der Waals surface area contributed by atoms with Gasteiger partial charge in [0.1, 0.15) is 23.2 Å². The minimum atomic E-state index is -0.594. The molecular weight excluding hydrogens is 386 g/mol. The van der Waals surface area contributed by atoms with E-state index in [-0.39, 0.29) is 22.9 Å². The fourth-order valence-corrected chi connectivity index (χ4v) is 3.18. The van der Waals surface area contributed by atoms with Crippen LogP contribution in [0.1, 0.15) is 33.0 Å². The van der Waals surface area contributed by atoms with Crippen LogP contribution in [0.3, 0.4) is 0 Å². The van der Waals surface area contributed by atoms with Gasteiger partial charge in [0.15, 0.2) is 0 Å². The van der Waals surface area contributed by atoms with E-state index >= 15 is 0 Å². The van der Waals surface area contributed by atoms with Gasteiger partial charge in [-0.3, -0.25) is 24.6 Å². The zero-order valence-electron chi connectivity index (χ0n) is 16.7. The molecule has 0 radical (unpaired) electrons. The Bertz CT molecular complexity index is 1150. The molecule has 1 atom stereocenters. The van der Waals surface area contributed by atoms with Crippen molar-refractivity contribution in [2.45, 2.75) is 33.2 Å². The molecule has 0 aliphatic carbocycles. The highest BCUT2D eigenvalue weighted by Gasteiger charge is 2.37. The van der Waals surface area contributed by atoms with Gasteiger partial charge < -0.3 is 4.42 Å². The number of furan rings is 1. The van der Waals surface area contributed by atoms with E-state index in [1.165, 1.54) is 18.2 Å². The van der Waals surface area contributed by atoms with Crippen molar-refractivity contribution < 1.29 is 18.9 Å². The van der Waals surface area contributed by atoms with Gasteiger partial charge in [-0.15, -0.1) is 0 Å². The summed E-state index contributed by atoms with van der Waals surface area (Å²) >= 11 is 0. The topological polar surface area (TPSA) is 117 Å². The van der Waals surface area contributed by atoms with Gasteiger partial charge in [0.2, 0.25) is 0 Å². The van der Waals surface area contributed by atoms with Crippen molar-refractivity contribution in [3.05, 3.63) is 69.0 Å². The normalized spacial score (nSPS) is 16.7. The van der Waals surface area contributed by atoms with Gasteiger partial charge in [0.25, 0.3) is 17.5 Å². The minimum absolute atomic E-state index is 0.0635. The second kappa shape index (κ2) is 8.17. The van der Waals surface area contributed by atoms with Crippen LogP contribution in [0.2, 0.25) is 0 Å². The van der Waals surface area contributed by atoms with Crippen LogP contribution in [0.25, 0.3) is 17.4 Å². The average molecular weight is 405 g/mol. The molecule has 0 saturated carbocycles. The first-order valence-corrected chi connectivity index (χ1v) is 9.34. The van der Waals surface area contributed by atoms with Crippen molar-refractivity contribution in [2.24, 2.45) is 0 Å². The first-order valence-electron chi connectivity index (χ1n) is 9.34. The minimum Gasteiger partial charge on any atom is -0.457 e. The van der Waals surface area contributed by atoms with Crippen LogP contribution < -0.4 is 0 Å². The van der Waals surface area contributed by atoms with Crippen LogP contribution in [-0.4, -0.2) is 27.7 Å². The Kier molecular flexibility index (Phi) is 5.65. The molecule has 1 unspecified atom stereocenters. The van der Waals surface area contributed by atoms with E-state index in [1.54, 1.807) is 38.1 Å². The second-order valence-electron chi connectivity index (χ2n) is 6.92. The number of hydrogen-bond donors (Lipinski definition) is 0. The van der Waals surface area contributed by atoms with Gasteiger partial charge in [-0.25, -0.2) is 0 Å².